The molecule has 1 fully saturated rings. The van der Waals surface area contributed by atoms with E-state index in [1.807, 2.05) is 30.3 Å². The van der Waals surface area contributed by atoms with Gasteiger partial charge in [-0.2, -0.15) is 0 Å². The van der Waals surface area contributed by atoms with Crippen LogP contribution in [0.2, 0.25) is 0 Å². The van der Waals surface area contributed by atoms with Gasteiger partial charge in [0.2, 0.25) is 0 Å². The molecule has 1 aliphatic heterocycles. The van der Waals surface area contributed by atoms with Crippen LogP contribution in [0.15, 0.2) is 30.3 Å². The Labute approximate surface area is 84.1 Å². The first-order valence-electron chi connectivity index (χ1n) is 5.03. The van der Waals surface area contributed by atoms with Gasteiger partial charge in [-0.1, -0.05) is 30.3 Å². The van der Waals surface area contributed by atoms with Crippen molar-refractivity contribution in [2.45, 2.75) is 25.0 Å². The van der Waals surface area contributed by atoms with E-state index in [0.29, 0.717) is 0 Å². The van der Waals surface area contributed by atoms with Crippen LogP contribution in [0.4, 0.5) is 0 Å². The molecule has 0 saturated carbocycles. The third-order valence-corrected chi connectivity index (χ3v) is 2.85. The summed E-state index contributed by atoms with van der Waals surface area (Å²) in [5, 5.41) is 11.8. The van der Waals surface area contributed by atoms with Gasteiger partial charge in [0.1, 0.15) is 0 Å². The zero-order chi connectivity index (χ0) is 9.97. The van der Waals surface area contributed by atoms with Crippen LogP contribution < -0.4 is 5.84 Å². The summed E-state index contributed by atoms with van der Waals surface area (Å²) in [6.07, 6.45) is 1.60. The number of benzene rings is 1. The van der Waals surface area contributed by atoms with Crippen LogP contribution in [0.25, 0.3) is 0 Å². The minimum absolute atomic E-state index is 0.0809. The molecule has 1 saturated heterocycles. The first-order chi connectivity index (χ1) is 6.79. The first-order valence-corrected chi connectivity index (χ1v) is 5.03. The van der Waals surface area contributed by atoms with Gasteiger partial charge in [-0.05, 0) is 18.4 Å². The molecule has 0 bridgehead atoms. The fourth-order valence-electron chi connectivity index (χ4n) is 2.03. The van der Waals surface area contributed by atoms with E-state index in [1.54, 1.807) is 5.01 Å². The summed E-state index contributed by atoms with van der Waals surface area (Å²) in [5.74, 6) is 5.79. The second kappa shape index (κ2) is 4.09. The molecule has 3 heteroatoms. The van der Waals surface area contributed by atoms with E-state index in [2.05, 4.69) is 0 Å². The highest BCUT2D eigenvalue weighted by Crippen LogP contribution is 2.26. The highest BCUT2D eigenvalue weighted by atomic mass is 16.3. The topological polar surface area (TPSA) is 49.5 Å². The van der Waals surface area contributed by atoms with Crippen molar-refractivity contribution in [1.82, 2.24) is 5.01 Å². The number of aliphatic hydroxyl groups excluding tert-OH is 1. The number of hydrogen-bond acceptors (Lipinski definition) is 3. The molecule has 2 unspecified atom stereocenters. The van der Waals surface area contributed by atoms with Gasteiger partial charge in [-0.25, -0.2) is 5.01 Å². The van der Waals surface area contributed by atoms with Crippen molar-refractivity contribution in [2.24, 2.45) is 5.84 Å². The molecule has 14 heavy (non-hydrogen) atoms. The van der Waals surface area contributed by atoms with E-state index >= 15 is 0 Å². The Morgan fingerprint density at radius 1 is 1.36 bits per heavy atom. The number of nitrogens with two attached hydrogens (primary N) is 1. The molecule has 0 radical (unpaired) electrons. The zero-order valence-electron chi connectivity index (χ0n) is 8.13. The van der Waals surface area contributed by atoms with Crippen molar-refractivity contribution < 1.29 is 5.11 Å². The summed E-state index contributed by atoms with van der Waals surface area (Å²) in [6, 6.07) is 9.79. The molecule has 2 atom stereocenters. The lowest BCUT2D eigenvalue weighted by Crippen LogP contribution is -2.39. The predicted octanol–water partition coefficient (Wildman–Crippen LogP) is 1.06. The van der Waals surface area contributed by atoms with Gasteiger partial charge in [0.15, 0.2) is 0 Å². The molecule has 76 valence electrons. The molecule has 0 aromatic heterocycles. The van der Waals surface area contributed by atoms with Gasteiger partial charge in [-0.15, -0.1) is 0 Å². The van der Waals surface area contributed by atoms with Crippen LogP contribution in [0.5, 0.6) is 0 Å². The number of hydrazine groups is 1. The monoisotopic (exact) mass is 192 g/mol. The van der Waals surface area contributed by atoms with Crippen LogP contribution >= 0.6 is 0 Å². The number of nitrogens with zero attached hydrogens (tertiary/aromatic N) is 1. The average Bonchev–Trinajstić information content (AvgIpc) is 2.65. The average molecular weight is 192 g/mol. The SMILES string of the molecule is NN1CCCC1C(O)c1ccccc1. The lowest BCUT2D eigenvalue weighted by atomic mass is 10.0. The van der Waals surface area contributed by atoms with Crippen LogP contribution in [0, 0.1) is 0 Å². The lowest BCUT2D eigenvalue weighted by molar-refractivity contribution is 0.0728. The Morgan fingerprint density at radius 2 is 2.07 bits per heavy atom. The van der Waals surface area contributed by atoms with Crippen molar-refractivity contribution >= 4 is 0 Å². The normalized spacial score (nSPS) is 25.1. The number of rotatable bonds is 2. The van der Waals surface area contributed by atoms with Gasteiger partial charge in [0.05, 0.1) is 12.1 Å². The molecule has 0 spiro atoms. The van der Waals surface area contributed by atoms with Crippen molar-refractivity contribution in [3.05, 3.63) is 35.9 Å². The van der Waals surface area contributed by atoms with Gasteiger partial charge < -0.3 is 5.11 Å². The summed E-state index contributed by atoms with van der Waals surface area (Å²) in [4.78, 5) is 0. The molecule has 1 aromatic rings. The molecule has 0 amide bonds. The van der Waals surface area contributed by atoms with E-state index in [4.69, 9.17) is 5.84 Å². The fraction of sp³-hybridized carbons (Fsp3) is 0.455. The summed E-state index contributed by atoms with van der Waals surface area (Å²) in [7, 11) is 0. The predicted molar refractivity (Wildman–Crippen MR) is 55.3 cm³/mol. The van der Waals surface area contributed by atoms with Gasteiger partial charge >= 0.3 is 0 Å². The van der Waals surface area contributed by atoms with Crippen molar-refractivity contribution in [3.8, 4) is 0 Å². The van der Waals surface area contributed by atoms with Crippen molar-refractivity contribution in [1.29, 1.82) is 0 Å². The molecule has 1 aromatic carbocycles. The molecule has 3 N–H and O–H groups in total. The minimum Gasteiger partial charge on any atom is -0.387 e. The third kappa shape index (κ3) is 1.80. The quantitative estimate of drug-likeness (QED) is 0.689. The summed E-state index contributed by atoms with van der Waals surface area (Å²) >= 11 is 0. The van der Waals surface area contributed by atoms with E-state index in [9.17, 15) is 5.11 Å². The Bertz CT molecular complexity index is 289. The molecular weight excluding hydrogens is 176 g/mol. The van der Waals surface area contributed by atoms with Crippen molar-refractivity contribution in [3.63, 3.8) is 0 Å². The van der Waals surface area contributed by atoms with Crippen LogP contribution in [0.3, 0.4) is 0 Å². The Balaban J connectivity index is 2.12. The third-order valence-electron chi connectivity index (χ3n) is 2.85. The molecule has 1 aliphatic rings. The van der Waals surface area contributed by atoms with Gasteiger partial charge in [0, 0.05) is 6.54 Å². The Hall–Kier alpha value is -0.900. The largest absolute Gasteiger partial charge is 0.387 e. The molecule has 1 heterocycles. The van der Waals surface area contributed by atoms with Gasteiger partial charge in [0.25, 0.3) is 0 Å². The van der Waals surface area contributed by atoms with Crippen LogP contribution in [-0.4, -0.2) is 22.7 Å². The maximum Gasteiger partial charge on any atom is 0.0959 e. The smallest absolute Gasteiger partial charge is 0.0959 e. The first kappa shape index (κ1) is 9.65. The Morgan fingerprint density at radius 3 is 2.64 bits per heavy atom. The number of hydrogen-bond donors (Lipinski definition) is 2. The second-order valence-corrected chi connectivity index (χ2v) is 3.80. The maximum atomic E-state index is 10.1. The molecular formula is C11H16N2O. The van der Waals surface area contributed by atoms with Gasteiger partial charge in [-0.3, -0.25) is 5.84 Å². The van der Waals surface area contributed by atoms with E-state index in [1.165, 1.54) is 0 Å². The fourth-order valence-corrected chi connectivity index (χ4v) is 2.03. The number of aliphatic hydroxyl groups is 1. The second-order valence-electron chi connectivity index (χ2n) is 3.80. The standard InChI is InChI=1S/C11H16N2O/c12-13-8-4-7-10(13)11(14)9-5-2-1-3-6-9/h1-3,5-6,10-11,14H,4,7-8,12H2. The Kier molecular flexibility index (Phi) is 2.82. The lowest BCUT2D eigenvalue weighted by Gasteiger charge is -2.24. The highest BCUT2D eigenvalue weighted by Gasteiger charge is 2.29. The van der Waals surface area contributed by atoms with Crippen LogP contribution in [-0.2, 0) is 0 Å². The maximum absolute atomic E-state index is 10.1. The van der Waals surface area contributed by atoms with E-state index in [0.717, 1.165) is 24.9 Å². The minimum atomic E-state index is -0.455. The summed E-state index contributed by atoms with van der Waals surface area (Å²) in [6.45, 7) is 0.883. The summed E-state index contributed by atoms with van der Waals surface area (Å²) < 4.78 is 0. The molecule has 0 aliphatic carbocycles. The molecule has 2 rings (SSSR count). The van der Waals surface area contributed by atoms with Crippen molar-refractivity contribution in [2.75, 3.05) is 6.54 Å². The highest BCUT2D eigenvalue weighted by molar-refractivity contribution is 5.19. The zero-order valence-corrected chi connectivity index (χ0v) is 8.13. The summed E-state index contributed by atoms with van der Waals surface area (Å²) in [5.41, 5.74) is 0.954. The molecule has 3 nitrogen and oxygen atoms in total. The van der Waals surface area contributed by atoms with E-state index < -0.39 is 6.10 Å². The van der Waals surface area contributed by atoms with E-state index in [-0.39, 0.29) is 6.04 Å². The van der Waals surface area contributed by atoms with Crippen LogP contribution in [0.1, 0.15) is 24.5 Å².